The van der Waals surface area contributed by atoms with Crippen LogP contribution in [-0.2, 0) is 24.5 Å². The summed E-state index contributed by atoms with van der Waals surface area (Å²) < 4.78 is 5.06. The fourth-order valence-corrected chi connectivity index (χ4v) is 2.83. The Balaban J connectivity index is 1.96. The van der Waals surface area contributed by atoms with Crippen molar-refractivity contribution in [2.24, 2.45) is 0 Å². The first-order chi connectivity index (χ1) is 10.9. The second-order valence-electron chi connectivity index (χ2n) is 5.67. The van der Waals surface area contributed by atoms with Crippen molar-refractivity contribution in [3.8, 4) is 0 Å². The van der Waals surface area contributed by atoms with E-state index in [9.17, 15) is 14.4 Å². The first-order valence-electron chi connectivity index (χ1n) is 7.33. The average Bonchev–Trinajstić information content (AvgIpc) is 2.95. The lowest BCUT2D eigenvalue weighted by atomic mass is 9.83. The number of amides is 2. The second-order valence-corrected chi connectivity index (χ2v) is 5.67. The number of esters is 1. The normalized spacial score (nSPS) is 24.0. The Bertz CT molecular complexity index is 718. The van der Waals surface area contributed by atoms with Crippen LogP contribution in [0.4, 0.5) is 17.1 Å². The minimum absolute atomic E-state index is 0.181. The molecule has 3 rings (SSSR count). The summed E-state index contributed by atoms with van der Waals surface area (Å²) in [6.45, 7) is 4.87. The minimum atomic E-state index is -1.38. The van der Waals surface area contributed by atoms with Crippen molar-refractivity contribution in [1.29, 1.82) is 0 Å². The molecule has 0 saturated carbocycles. The Morgan fingerprint density at radius 3 is 2.52 bits per heavy atom. The zero-order valence-electron chi connectivity index (χ0n) is 13.1. The van der Waals surface area contributed by atoms with E-state index in [1.807, 2.05) is 0 Å². The number of ether oxygens (including phenoxy) is 1. The van der Waals surface area contributed by atoms with Gasteiger partial charge in [0.1, 0.15) is 0 Å². The predicted molar refractivity (Wildman–Crippen MR) is 83.9 cm³/mol. The molecule has 1 aromatic rings. The molecule has 2 unspecified atom stereocenters. The summed E-state index contributed by atoms with van der Waals surface area (Å²) in [4.78, 5) is 35.7. The van der Waals surface area contributed by atoms with Gasteiger partial charge in [0.25, 0.3) is 0 Å². The smallest absolute Gasteiger partial charge is 0.326 e. The van der Waals surface area contributed by atoms with Crippen LogP contribution in [0.1, 0.15) is 26.3 Å². The zero-order valence-corrected chi connectivity index (χ0v) is 13.1. The van der Waals surface area contributed by atoms with Crippen LogP contribution >= 0.6 is 0 Å². The van der Waals surface area contributed by atoms with Crippen molar-refractivity contribution in [3.05, 3.63) is 17.7 Å². The molecule has 2 atom stereocenters. The number of hydrogen-bond donors (Lipinski definition) is 4. The molecule has 23 heavy (non-hydrogen) atoms. The number of carbonyl (C=O) groups is 3. The van der Waals surface area contributed by atoms with Crippen molar-refractivity contribution in [3.63, 3.8) is 0 Å². The molecule has 0 bridgehead atoms. The number of rotatable bonds is 3. The number of anilines is 3. The van der Waals surface area contributed by atoms with Gasteiger partial charge in [-0.2, -0.15) is 0 Å². The standard InChI is InChI=1S/C15H18N4O4/c1-4-23-13(22)15(3)8-5-10-11(6-9(8)17-12(15)21)19-14(18-10)16-7(2)20/h5-6,14,18-19H,4H2,1-3H3,(H,16,20)(H,17,21). The molecule has 2 heterocycles. The van der Waals surface area contributed by atoms with Crippen LogP contribution in [0.15, 0.2) is 12.1 Å². The third kappa shape index (κ3) is 2.26. The molecule has 0 aromatic heterocycles. The van der Waals surface area contributed by atoms with Gasteiger partial charge in [-0.3, -0.25) is 14.4 Å². The highest BCUT2D eigenvalue weighted by molar-refractivity contribution is 6.19. The number of carbonyl (C=O) groups excluding carboxylic acids is 3. The van der Waals surface area contributed by atoms with E-state index in [-0.39, 0.29) is 12.5 Å². The summed E-state index contributed by atoms with van der Waals surface area (Å²) >= 11 is 0. The molecule has 8 heteroatoms. The Morgan fingerprint density at radius 1 is 1.26 bits per heavy atom. The summed E-state index contributed by atoms with van der Waals surface area (Å²) in [5.74, 6) is -1.17. The lowest BCUT2D eigenvalue weighted by Gasteiger charge is -2.20. The van der Waals surface area contributed by atoms with E-state index in [4.69, 9.17) is 4.74 Å². The van der Waals surface area contributed by atoms with Gasteiger partial charge >= 0.3 is 5.97 Å². The first kappa shape index (κ1) is 15.1. The summed E-state index contributed by atoms with van der Waals surface area (Å²) in [5, 5.41) is 11.6. The average molecular weight is 318 g/mol. The van der Waals surface area contributed by atoms with Gasteiger partial charge in [-0.15, -0.1) is 0 Å². The molecular weight excluding hydrogens is 300 g/mol. The van der Waals surface area contributed by atoms with Crippen molar-refractivity contribution in [1.82, 2.24) is 5.32 Å². The van der Waals surface area contributed by atoms with Gasteiger partial charge in [0.2, 0.25) is 11.8 Å². The van der Waals surface area contributed by atoms with Crippen molar-refractivity contribution >= 4 is 34.8 Å². The predicted octanol–water partition coefficient (Wildman–Crippen LogP) is 0.717. The monoisotopic (exact) mass is 318 g/mol. The maximum atomic E-state index is 12.3. The van der Waals surface area contributed by atoms with Crippen molar-refractivity contribution in [2.45, 2.75) is 32.5 Å². The molecule has 1 aromatic carbocycles. The van der Waals surface area contributed by atoms with Crippen molar-refractivity contribution < 1.29 is 19.1 Å². The number of benzene rings is 1. The molecule has 0 aliphatic carbocycles. The molecule has 0 spiro atoms. The molecule has 2 amide bonds. The largest absolute Gasteiger partial charge is 0.465 e. The second kappa shape index (κ2) is 5.15. The van der Waals surface area contributed by atoms with E-state index in [0.717, 1.165) is 5.69 Å². The summed E-state index contributed by atoms with van der Waals surface area (Å²) in [6, 6.07) is 3.47. The lowest BCUT2D eigenvalue weighted by molar-refractivity contribution is -0.152. The van der Waals surface area contributed by atoms with Crippen LogP contribution in [0.25, 0.3) is 0 Å². The molecular formula is C15H18N4O4. The van der Waals surface area contributed by atoms with Crippen LogP contribution < -0.4 is 21.3 Å². The van der Waals surface area contributed by atoms with Gasteiger partial charge in [-0.25, -0.2) is 0 Å². The summed E-state index contributed by atoms with van der Waals surface area (Å²) in [7, 11) is 0. The van der Waals surface area contributed by atoms with Crippen LogP contribution in [0.2, 0.25) is 0 Å². The van der Waals surface area contributed by atoms with Gasteiger partial charge in [-0.05, 0) is 26.0 Å². The highest BCUT2D eigenvalue weighted by Gasteiger charge is 2.51. The minimum Gasteiger partial charge on any atom is -0.465 e. The topological polar surface area (TPSA) is 109 Å². The van der Waals surface area contributed by atoms with Gasteiger partial charge in [0, 0.05) is 18.2 Å². The quantitative estimate of drug-likeness (QED) is 0.483. The van der Waals surface area contributed by atoms with E-state index in [1.165, 1.54) is 6.92 Å². The maximum absolute atomic E-state index is 12.3. The van der Waals surface area contributed by atoms with Crippen molar-refractivity contribution in [2.75, 3.05) is 22.6 Å². The molecule has 2 aliphatic rings. The van der Waals surface area contributed by atoms with Crippen LogP contribution in [0, 0.1) is 0 Å². The third-order valence-electron chi connectivity index (χ3n) is 4.03. The van der Waals surface area contributed by atoms with Crippen LogP contribution in [-0.4, -0.2) is 30.7 Å². The third-order valence-corrected chi connectivity index (χ3v) is 4.03. The zero-order chi connectivity index (χ0) is 16.8. The van der Waals surface area contributed by atoms with E-state index in [0.29, 0.717) is 16.9 Å². The Labute approximate surface area is 133 Å². The number of nitrogens with one attached hydrogen (secondary N) is 4. The molecule has 0 radical (unpaired) electrons. The van der Waals surface area contributed by atoms with Crippen LogP contribution in [0.5, 0.6) is 0 Å². The van der Waals surface area contributed by atoms with Gasteiger partial charge in [0.15, 0.2) is 11.7 Å². The summed E-state index contributed by atoms with van der Waals surface area (Å²) in [6.07, 6.45) is -0.436. The Kier molecular flexibility index (Phi) is 3.39. The number of hydrogen-bond acceptors (Lipinski definition) is 6. The highest BCUT2D eigenvalue weighted by Crippen LogP contribution is 2.44. The maximum Gasteiger partial charge on any atom is 0.326 e. The van der Waals surface area contributed by atoms with Crippen LogP contribution in [0.3, 0.4) is 0 Å². The molecule has 122 valence electrons. The molecule has 2 aliphatic heterocycles. The Morgan fingerprint density at radius 2 is 1.91 bits per heavy atom. The van der Waals surface area contributed by atoms with E-state index < -0.39 is 23.6 Å². The molecule has 0 fully saturated rings. The molecule has 0 saturated heterocycles. The highest BCUT2D eigenvalue weighted by atomic mass is 16.5. The van der Waals surface area contributed by atoms with Gasteiger partial charge in [-0.1, -0.05) is 0 Å². The molecule has 4 N–H and O–H groups in total. The first-order valence-corrected chi connectivity index (χ1v) is 7.33. The van der Waals surface area contributed by atoms with E-state index >= 15 is 0 Å². The Hall–Kier alpha value is -2.77. The van der Waals surface area contributed by atoms with Gasteiger partial charge in [0.05, 0.1) is 18.0 Å². The van der Waals surface area contributed by atoms with E-state index in [2.05, 4.69) is 21.3 Å². The van der Waals surface area contributed by atoms with E-state index in [1.54, 1.807) is 26.0 Å². The lowest BCUT2D eigenvalue weighted by Crippen LogP contribution is -2.42. The fourth-order valence-electron chi connectivity index (χ4n) is 2.83. The number of fused-ring (bicyclic) bond motifs is 2. The van der Waals surface area contributed by atoms with Gasteiger partial charge < -0.3 is 26.0 Å². The SMILES string of the molecule is CCOC(=O)C1(C)C(=O)Nc2cc3c(cc21)NC(NC(C)=O)N3. The summed E-state index contributed by atoms with van der Waals surface area (Å²) in [5.41, 5.74) is 1.17. The molecule has 8 nitrogen and oxygen atoms in total. The fraction of sp³-hybridized carbons (Fsp3) is 0.400.